The minimum absolute atomic E-state index is 0.0787. The topological polar surface area (TPSA) is 70.7 Å². The normalized spacial score (nSPS) is 13.0. The summed E-state index contributed by atoms with van der Waals surface area (Å²) in [6, 6.07) is 9.34. The Morgan fingerprint density at radius 3 is 3.00 bits per heavy atom. The van der Waals surface area contributed by atoms with Crippen LogP contribution in [0.5, 0.6) is 5.75 Å². The molecular formula is C19H23N3O3S. The molecular weight excluding hydrogens is 350 g/mol. The summed E-state index contributed by atoms with van der Waals surface area (Å²) in [5, 5.41) is 7.60. The molecule has 138 valence electrons. The van der Waals surface area contributed by atoms with Gasteiger partial charge in [0.25, 0.3) is 0 Å². The van der Waals surface area contributed by atoms with E-state index in [1.54, 1.807) is 18.4 Å². The van der Waals surface area contributed by atoms with Crippen molar-refractivity contribution >= 4 is 23.3 Å². The third kappa shape index (κ3) is 4.76. The van der Waals surface area contributed by atoms with E-state index >= 15 is 0 Å². The van der Waals surface area contributed by atoms with Crippen LogP contribution in [0.4, 0.5) is 4.79 Å². The van der Waals surface area contributed by atoms with Crippen LogP contribution in [0.3, 0.4) is 0 Å². The highest BCUT2D eigenvalue weighted by Crippen LogP contribution is 2.24. The standard InChI is InChI=1S/C19H23N3O3S/c1-25-16-4-2-3-14(11-16)12-21-19(24)20-8-5-18(23)22-9-6-17-15(13-22)7-10-26-17/h2-4,7,10-11H,5-6,8-9,12-13H2,1H3,(H2,20,21,24). The van der Waals surface area contributed by atoms with Crippen molar-refractivity contribution in [3.8, 4) is 5.75 Å². The van der Waals surface area contributed by atoms with Crippen molar-refractivity contribution in [2.45, 2.75) is 25.9 Å². The number of urea groups is 1. The largest absolute Gasteiger partial charge is 0.497 e. The number of carbonyl (C=O) groups excluding carboxylic acids is 2. The predicted octanol–water partition coefficient (Wildman–Crippen LogP) is 2.53. The Hall–Kier alpha value is -2.54. The van der Waals surface area contributed by atoms with Crippen molar-refractivity contribution < 1.29 is 14.3 Å². The van der Waals surface area contributed by atoms with Gasteiger partial charge in [-0.2, -0.15) is 0 Å². The first-order chi connectivity index (χ1) is 12.7. The number of benzene rings is 1. The van der Waals surface area contributed by atoms with Crippen molar-refractivity contribution in [3.05, 3.63) is 51.7 Å². The molecule has 3 rings (SSSR count). The van der Waals surface area contributed by atoms with E-state index in [0.717, 1.165) is 24.3 Å². The molecule has 0 fully saturated rings. The fourth-order valence-electron chi connectivity index (χ4n) is 2.93. The Labute approximate surface area is 157 Å². The Bertz CT molecular complexity index is 775. The number of nitrogens with zero attached hydrogens (tertiary/aromatic N) is 1. The fourth-order valence-corrected chi connectivity index (χ4v) is 3.82. The van der Waals surface area contributed by atoms with Crippen LogP contribution in [-0.2, 0) is 24.3 Å². The molecule has 1 aromatic heterocycles. The Balaban J connectivity index is 1.36. The molecule has 3 amide bonds. The van der Waals surface area contributed by atoms with Gasteiger partial charge < -0.3 is 20.3 Å². The molecule has 7 heteroatoms. The first kappa shape index (κ1) is 18.3. The van der Waals surface area contributed by atoms with Crippen molar-refractivity contribution in [3.63, 3.8) is 0 Å². The van der Waals surface area contributed by atoms with Gasteiger partial charge in [-0.05, 0) is 41.1 Å². The SMILES string of the molecule is COc1cccc(CNC(=O)NCCC(=O)N2CCc3sccc3C2)c1. The van der Waals surface area contributed by atoms with E-state index in [4.69, 9.17) is 4.74 Å². The van der Waals surface area contributed by atoms with Crippen LogP contribution in [0.1, 0.15) is 22.4 Å². The van der Waals surface area contributed by atoms with E-state index in [9.17, 15) is 9.59 Å². The van der Waals surface area contributed by atoms with Gasteiger partial charge in [0.15, 0.2) is 0 Å². The predicted molar refractivity (Wildman–Crippen MR) is 101 cm³/mol. The summed E-state index contributed by atoms with van der Waals surface area (Å²) in [4.78, 5) is 27.4. The zero-order valence-corrected chi connectivity index (χ0v) is 15.6. The van der Waals surface area contributed by atoms with E-state index in [1.807, 2.05) is 29.2 Å². The maximum atomic E-state index is 12.3. The van der Waals surface area contributed by atoms with Gasteiger partial charge in [0.1, 0.15) is 5.75 Å². The first-order valence-electron chi connectivity index (χ1n) is 8.63. The highest BCUT2D eigenvalue weighted by atomic mass is 32.1. The van der Waals surface area contributed by atoms with E-state index in [-0.39, 0.29) is 11.9 Å². The van der Waals surface area contributed by atoms with Crippen molar-refractivity contribution in [2.75, 3.05) is 20.2 Å². The van der Waals surface area contributed by atoms with Crippen LogP contribution in [0.15, 0.2) is 35.7 Å². The summed E-state index contributed by atoms with van der Waals surface area (Å²) < 4.78 is 5.16. The Morgan fingerprint density at radius 2 is 2.15 bits per heavy atom. The number of thiophene rings is 1. The summed E-state index contributed by atoms with van der Waals surface area (Å²) >= 11 is 1.76. The molecule has 0 radical (unpaired) electrons. The van der Waals surface area contributed by atoms with E-state index in [0.29, 0.717) is 26.1 Å². The summed E-state index contributed by atoms with van der Waals surface area (Å²) in [7, 11) is 1.61. The number of methoxy groups -OCH3 is 1. The van der Waals surface area contributed by atoms with Crippen molar-refractivity contribution in [2.24, 2.45) is 0 Å². The number of amides is 3. The molecule has 26 heavy (non-hydrogen) atoms. The molecule has 0 aliphatic carbocycles. The molecule has 0 saturated carbocycles. The number of hydrogen-bond acceptors (Lipinski definition) is 4. The maximum Gasteiger partial charge on any atom is 0.315 e. The van der Waals surface area contributed by atoms with E-state index < -0.39 is 0 Å². The second-order valence-corrected chi connectivity index (χ2v) is 7.15. The summed E-state index contributed by atoms with van der Waals surface area (Å²) in [6.45, 7) is 2.17. The first-order valence-corrected chi connectivity index (χ1v) is 9.51. The molecule has 6 nitrogen and oxygen atoms in total. The van der Waals surface area contributed by atoms with Crippen LogP contribution in [-0.4, -0.2) is 37.0 Å². The minimum atomic E-state index is -0.278. The lowest BCUT2D eigenvalue weighted by atomic mass is 10.1. The van der Waals surface area contributed by atoms with Gasteiger partial charge in [0.2, 0.25) is 5.91 Å². The third-order valence-corrected chi connectivity index (χ3v) is 5.40. The Morgan fingerprint density at radius 1 is 1.27 bits per heavy atom. The lowest BCUT2D eigenvalue weighted by Gasteiger charge is -2.27. The highest BCUT2D eigenvalue weighted by Gasteiger charge is 2.21. The molecule has 0 spiro atoms. The molecule has 1 aromatic carbocycles. The van der Waals surface area contributed by atoms with Crippen LogP contribution >= 0.6 is 11.3 Å². The van der Waals surface area contributed by atoms with E-state index in [1.165, 1.54) is 10.4 Å². The number of rotatable bonds is 6. The number of nitrogens with one attached hydrogen (secondary N) is 2. The third-order valence-electron chi connectivity index (χ3n) is 4.37. The fraction of sp³-hybridized carbons (Fsp3) is 0.368. The van der Waals surface area contributed by atoms with Crippen molar-refractivity contribution in [1.29, 1.82) is 0 Å². The summed E-state index contributed by atoms with van der Waals surface area (Å²) in [5.74, 6) is 0.834. The summed E-state index contributed by atoms with van der Waals surface area (Å²) in [6.07, 6.45) is 1.24. The van der Waals surface area contributed by atoms with Crippen LogP contribution in [0.2, 0.25) is 0 Å². The van der Waals surface area contributed by atoms with Gasteiger partial charge in [-0.25, -0.2) is 4.79 Å². The minimum Gasteiger partial charge on any atom is -0.497 e. The van der Waals surface area contributed by atoms with Crippen molar-refractivity contribution in [1.82, 2.24) is 15.5 Å². The molecule has 0 unspecified atom stereocenters. The van der Waals surface area contributed by atoms with E-state index in [2.05, 4.69) is 22.1 Å². The molecule has 0 saturated heterocycles. The maximum absolute atomic E-state index is 12.3. The lowest BCUT2D eigenvalue weighted by molar-refractivity contribution is -0.131. The van der Waals surface area contributed by atoms with Gasteiger partial charge in [0.05, 0.1) is 7.11 Å². The zero-order chi connectivity index (χ0) is 18.4. The lowest BCUT2D eigenvalue weighted by Crippen LogP contribution is -2.40. The van der Waals surface area contributed by atoms with Crippen LogP contribution in [0, 0.1) is 0 Å². The van der Waals surface area contributed by atoms with Gasteiger partial charge >= 0.3 is 6.03 Å². The second kappa shape index (κ2) is 8.71. The summed E-state index contributed by atoms with van der Waals surface area (Å²) in [5.41, 5.74) is 2.20. The monoisotopic (exact) mass is 373 g/mol. The molecule has 2 N–H and O–H groups in total. The second-order valence-electron chi connectivity index (χ2n) is 6.15. The quantitative estimate of drug-likeness (QED) is 0.817. The number of ether oxygens (including phenoxy) is 1. The van der Waals surface area contributed by atoms with Gasteiger partial charge in [-0.3, -0.25) is 4.79 Å². The highest BCUT2D eigenvalue weighted by molar-refractivity contribution is 7.10. The van der Waals surface area contributed by atoms with Gasteiger partial charge in [-0.15, -0.1) is 11.3 Å². The van der Waals surface area contributed by atoms with Crippen LogP contribution < -0.4 is 15.4 Å². The molecule has 1 aliphatic heterocycles. The number of carbonyl (C=O) groups is 2. The molecule has 2 heterocycles. The van der Waals surface area contributed by atoms with Gasteiger partial charge in [-0.1, -0.05) is 12.1 Å². The Kier molecular flexibility index (Phi) is 6.12. The number of hydrogen-bond donors (Lipinski definition) is 2. The van der Waals surface area contributed by atoms with Crippen LogP contribution in [0.25, 0.3) is 0 Å². The average Bonchev–Trinajstić information content (AvgIpc) is 3.14. The van der Waals surface area contributed by atoms with Gasteiger partial charge in [0, 0.05) is 37.5 Å². The molecule has 0 bridgehead atoms. The number of fused-ring (bicyclic) bond motifs is 1. The molecule has 2 aromatic rings. The molecule has 0 atom stereocenters. The smallest absolute Gasteiger partial charge is 0.315 e. The average molecular weight is 373 g/mol. The zero-order valence-electron chi connectivity index (χ0n) is 14.8. The molecule has 1 aliphatic rings.